The maximum absolute atomic E-state index is 9.86. The minimum Gasteiger partial charge on any atom is -0.384 e. The Labute approximate surface area is 102 Å². The van der Waals surface area contributed by atoms with Gasteiger partial charge in [-0.05, 0) is 29.2 Å². The molecule has 86 valence electrons. The monoisotopic (exact) mass is 224 g/mol. The second-order valence-corrected chi connectivity index (χ2v) is 4.24. The first-order chi connectivity index (χ1) is 8.18. The van der Waals surface area contributed by atoms with E-state index in [0.717, 1.165) is 16.7 Å². The van der Waals surface area contributed by atoms with Crippen molar-refractivity contribution < 1.29 is 5.11 Å². The van der Waals surface area contributed by atoms with Crippen molar-refractivity contribution in [2.45, 2.75) is 13.0 Å². The molecule has 2 rings (SSSR count). The Kier molecular flexibility index (Phi) is 3.40. The molecule has 2 aromatic carbocycles. The molecule has 0 fully saturated rings. The van der Waals surface area contributed by atoms with Crippen LogP contribution in [0.1, 0.15) is 18.6 Å². The Morgan fingerprint density at radius 3 is 2.00 bits per heavy atom. The molecule has 0 heterocycles. The van der Waals surface area contributed by atoms with Crippen LogP contribution in [0.2, 0.25) is 0 Å². The van der Waals surface area contributed by atoms with Gasteiger partial charge in [-0.25, -0.2) is 0 Å². The van der Waals surface area contributed by atoms with Gasteiger partial charge in [0.05, 0.1) is 6.10 Å². The predicted octanol–water partition coefficient (Wildman–Crippen LogP) is 3.96. The molecule has 1 heteroatoms. The third-order valence-electron chi connectivity index (χ3n) is 2.80. The number of aliphatic hydroxyl groups excluding tert-OH is 1. The molecule has 2 aromatic rings. The van der Waals surface area contributed by atoms with Gasteiger partial charge in [0.1, 0.15) is 0 Å². The van der Waals surface area contributed by atoms with Gasteiger partial charge < -0.3 is 5.11 Å². The first kappa shape index (κ1) is 11.6. The summed E-state index contributed by atoms with van der Waals surface area (Å²) in [6.07, 6.45) is -0.570. The van der Waals surface area contributed by atoms with E-state index in [9.17, 15) is 5.11 Å². The van der Waals surface area contributed by atoms with Crippen molar-refractivity contribution in [3.05, 3.63) is 72.3 Å². The molecule has 1 nitrogen and oxygen atoms in total. The summed E-state index contributed by atoms with van der Waals surface area (Å²) in [6.45, 7) is 5.59. The Morgan fingerprint density at radius 1 is 0.941 bits per heavy atom. The van der Waals surface area contributed by atoms with Crippen molar-refractivity contribution in [3.63, 3.8) is 0 Å². The summed E-state index contributed by atoms with van der Waals surface area (Å²) in [7, 11) is 0. The normalized spacial score (nSPS) is 12.1. The summed E-state index contributed by atoms with van der Waals surface area (Å²) in [5.74, 6) is 0. The topological polar surface area (TPSA) is 20.2 Å². The summed E-state index contributed by atoms with van der Waals surface area (Å²) >= 11 is 0. The second kappa shape index (κ2) is 4.98. The SMILES string of the molecule is C=C(C)C(O)c1ccc(-c2ccccc2)cc1. The van der Waals surface area contributed by atoms with E-state index in [1.807, 2.05) is 49.4 Å². The lowest BCUT2D eigenvalue weighted by atomic mass is 9.99. The Bertz CT molecular complexity index is 497. The smallest absolute Gasteiger partial charge is 0.0995 e. The van der Waals surface area contributed by atoms with Crippen molar-refractivity contribution in [2.75, 3.05) is 0 Å². The fourth-order valence-corrected chi connectivity index (χ4v) is 1.77. The standard InChI is InChI=1S/C16H16O/c1-12(2)16(17)15-10-8-14(9-11-15)13-6-4-3-5-7-13/h3-11,16-17H,1H2,2H3. The van der Waals surface area contributed by atoms with Gasteiger partial charge in [-0.2, -0.15) is 0 Å². The van der Waals surface area contributed by atoms with Gasteiger partial charge in [0.15, 0.2) is 0 Å². The number of benzene rings is 2. The van der Waals surface area contributed by atoms with Gasteiger partial charge in [-0.3, -0.25) is 0 Å². The maximum atomic E-state index is 9.86. The highest BCUT2D eigenvalue weighted by Crippen LogP contribution is 2.24. The fraction of sp³-hybridized carbons (Fsp3) is 0.125. The Hall–Kier alpha value is -1.86. The van der Waals surface area contributed by atoms with Gasteiger partial charge in [0.25, 0.3) is 0 Å². The lowest BCUT2D eigenvalue weighted by Gasteiger charge is -2.11. The zero-order valence-corrected chi connectivity index (χ0v) is 9.93. The Balaban J connectivity index is 2.28. The van der Waals surface area contributed by atoms with Crippen molar-refractivity contribution in [3.8, 4) is 11.1 Å². The molecule has 0 bridgehead atoms. The van der Waals surface area contributed by atoms with Gasteiger partial charge in [-0.1, -0.05) is 61.2 Å². The van der Waals surface area contributed by atoms with Crippen molar-refractivity contribution in [2.24, 2.45) is 0 Å². The largest absolute Gasteiger partial charge is 0.384 e. The summed E-state index contributed by atoms with van der Waals surface area (Å²) < 4.78 is 0. The van der Waals surface area contributed by atoms with Crippen LogP contribution in [0.3, 0.4) is 0 Å². The quantitative estimate of drug-likeness (QED) is 0.782. The molecule has 0 spiro atoms. The number of hydrogen-bond donors (Lipinski definition) is 1. The molecule has 1 unspecified atom stereocenters. The van der Waals surface area contributed by atoms with E-state index < -0.39 is 6.10 Å². The van der Waals surface area contributed by atoms with Crippen LogP contribution < -0.4 is 0 Å². The fourth-order valence-electron chi connectivity index (χ4n) is 1.77. The molecule has 0 aromatic heterocycles. The third-order valence-corrected chi connectivity index (χ3v) is 2.80. The van der Waals surface area contributed by atoms with E-state index in [2.05, 4.69) is 18.7 Å². The van der Waals surface area contributed by atoms with Gasteiger partial charge in [0, 0.05) is 0 Å². The molecular weight excluding hydrogens is 208 g/mol. The second-order valence-electron chi connectivity index (χ2n) is 4.24. The summed E-state index contributed by atoms with van der Waals surface area (Å²) in [5.41, 5.74) is 3.99. The van der Waals surface area contributed by atoms with E-state index in [1.165, 1.54) is 5.56 Å². The van der Waals surface area contributed by atoms with Gasteiger partial charge in [0.2, 0.25) is 0 Å². The Morgan fingerprint density at radius 2 is 1.47 bits per heavy atom. The van der Waals surface area contributed by atoms with Crippen molar-refractivity contribution in [1.82, 2.24) is 0 Å². The van der Waals surface area contributed by atoms with E-state index in [4.69, 9.17) is 0 Å². The average Bonchev–Trinajstić information content (AvgIpc) is 2.39. The molecule has 1 atom stereocenters. The molecule has 0 aliphatic carbocycles. The zero-order chi connectivity index (χ0) is 12.3. The van der Waals surface area contributed by atoms with Crippen LogP contribution in [0.15, 0.2) is 66.7 Å². The first-order valence-corrected chi connectivity index (χ1v) is 5.67. The van der Waals surface area contributed by atoms with Crippen LogP contribution in [0.5, 0.6) is 0 Å². The highest BCUT2D eigenvalue weighted by molar-refractivity contribution is 5.63. The van der Waals surface area contributed by atoms with Crippen molar-refractivity contribution in [1.29, 1.82) is 0 Å². The van der Waals surface area contributed by atoms with E-state index in [-0.39, 0.29) is 0 Å². The maximum Gasteiger partial charge on any atom is 0.0995 e. The number of hydrogen-bond acceptors (Lipinski definition) is 1. The zero-order valence-electron chi connectivity index (χ0n) is 9.93. The number of aliphatic hydroxyl groups is 1. The van der Waals surface area contributed by atoms with E-state index in [1.54, 1.807) is 0 Å². The minimum atomic E-state index is -0.570. The van der Waals surface area contributed by atoms with Crippen LogP contribution in [0.4, 0.5) is 0 Å². The molecule has 0 saturated carbocycles. The highest BCUT2D eigenvalue weighted by Gasteiger charge is 2.07. The minimum absolute atomic E-state index is 0.570. The van der Waals surface area contributed by atoms with E-state index in [0.29, 0.717) is 0 Å². The summed E-state index contributed by atoms with van der Waals surface area (Å²) in [5, 5.41) is 9.86. The lowest BCUT2D eigenvalue weighted by Crippen LogP contribution is -1.97. The molecule has 1 N–H and O–H groups in total. The highest BCUT2D eigenvalue weighted by atomic mass is 16.3. The lowest BCUT2D eigenvalue weighted by molar-refractivity contribution is 0.216. The van der Waals surface area contributed by atoms with Crippen LogP contribution in [-0.4, -0.2) is 5.11 Å². The molecule has 17 heavy (non-hydrogen) atoms. The molecule has 0 saturated heterocycles. The van der Waals surface area contributed by atoms with Crippen LogP contribution in [0, 0.1) is 0 Å². The average molecular weight is 224 g/mol. The predicted molar refractivity (Wildman–Crippen MR) is 71.7 cm³/mol. The molecule has 0 radical (unpaired) electrons. The van der Waals surface area contributed by atoms with E-state index >= 15 is 0 Å². The molecular formula is C16H16O. The third kappa shape index (κ3) is 2.63. The summed E-state index contributed by atoms with van der Waals surface area (Å²) in [4.78, 5) is 0. The van der Waals surface area contributed by atoms with Crippen LogP contribution in [0.25, 0.3) is 11.1 Å². The van der Waals surface area contributed by atoms with Crippen LogP contribution >= 0.6 is 0 Å². The summed E-state index contributed by atoms with van der Waals surface area (Å²) in [6, 6.07) is 18.1. The van der Waals surface area contributed by atoms with Gasteiger partial charge >= 0.3 is 0 Å². The van der Waals surface area contributed by atoms with Gasteiger partial charge in [-0.15, -0.1) is 0 Å². The molecule has 0 aliphatic rings. The first-order valence-electron chi connectivity index (χ1n) is 5.67. The van der Waals surface area contributed by atoms with Crippen LogP contribution in [-0.2, 0) is 0 Å². The molecule has 0 amide bonds. The molecule has 0 aliphatic heterocycles. The van der Waals surface area contributed by atoms with Crippen molar-refractivity contribution >= 4 is 0 Å². The number of rotatable bonds is 3.